The molecule has 0 radical (unpaired) electrons. The van der Waals surface area contributed by atoms with Gasteiger partial charge in [0.15, 0.2) is 0 Å². The second-order valence-electron chi connectivity index (χ2n) is 5.92. The lowest BCUT2D eigenvalue weighted by Crippen LogP contribution is -2.28. The van der Waals surface area contributed by atoms with Gasteiger partial charge in [-0.15, -0.1) is 0 Å². The number of nitrogens with one attached hydrogen (secondary N) is 1. The summed E-state index contributed by atoms with van der Waals surface area (Å²) in [5, 5.41) is 11.6. The van der Waals surface area contributed by atoms with E-state index in [9.17, 15) is 9.59 Å². The Morgan fingerprint density at radius 3 is 2.46 bits per heavy atom. The Morgan fingerprint density at radius 1 is 1.17 bits per heavy atom. The average molecular weight is 319 g/mol. The van der Waals surface area contributed by atoms with Gasteiger partial charge in [0.2, 0.25) is 11.8 Å². The van der Waals surface area contributed by atoms with Crippen molar-refractivity contribution in [2.75, 3.05) is 16.8 Å². The Morgan fingerprint density at radius 2 is 1.83 bits per heavy atom. The van der Waals surface area contributed by atoms with Gasteiger partial charge in [-0.3, -0.25) is 9.59 Å². The minimum absolute atomic E-state index is 0.0427. The lowest BCUT2D eigenvalue weighted by Gasteiger charge is -2.17. The molecule has 1 heterocycles. The first kappa shape index (κ1) is 15.8. The third kappa shape index (κ3) is 3.28. The standard InChI is InChI=1S/C19H17N3O2/c1-13-2-8-17(9-3-13)22-12-15(10-18(22)23)19(24)21-16-6-4-14(11-20)5-7-16/h2-9,15H,10,12H2,1H3,(H,21,24)/t15-/m0/s1. The van der Waals surface area contributed by atoms with E-state index in [1.165, 1.54) is 0 Å². The van der Waals surface area contributed by atoms with Gasteiger partial charge < -0.3 is 10.2 Å². The monoisotopic (exact) mass is 319 g/mol. The predicted molar refractivity (Wildman–Crippen MR) is 91.4 cm³/mol. The van der Waals surface area contributed by atoms with Crippen LogP contribution in [0.3, 0.4) is 0 Å². The summed E-state index contributed by atoms with van der Waals surface area (Å²) in [6.45, 7) is 2.37. The van der Waals surface area contributed by atoms with Crippen LogP contribution in [0, 0.1) is 24.2 Å². The maximum Gasteiger partial charge on any atom is 0.229 e. The highest BCUT2D eigenvalue weighted by molar-refractivity contribution is 6.03. The van der Waals surface area contributed by atoms with Crippen LogP contribution in [0.4, 0.5) is 11.4 Å². The van der Waals surface area contributed by atoms with Crippen molar-refractivity contribution in [1.29, 1.82) is 5.26 Å². The van der Waals surface area contributed by atoms with Crippen LogP contribution in [0.1, 0.15) is 17.5 Å². The number of nitrogens with zero attached hydrogens (tertiary/aromatic N) is 2. The van der Waals surface area contributed by atoms with Crippen molar-refractivity contribution in [3.63, 3.8) is 0 Å². The molecular formula is C19H17N3O2. The van der Waals surface area contributed by atoms with Gasteiger partial charge in [-0.05, 0) is 43.3 Å². The maximum atomic E-state index is 12.4. The van der Waals surface area contributed by atoms with E-state index in [2.05, 4.69) is 5.32 Å². The smallest absolute Gasteiger partial charge is 0.229 e. The summed E-state index contributed by atoms with van der Waals surface area (Å²) in [5.41, 5.74) is 3.11. The van der Waals surface area contributed by atoms with Crippen molar-refractivity contribution in [1.82, 2.24) is 0 Å². The highest BCUT2D eigenvalue weighted by atomic mass is 16.2. The molecule has 1 fully saturated rings. The number of rotatable bonds is 3. The van der Waals surface area contributed by atoms with Crippen LogP contribution in [-0.2, 0) is 9.59 Å². The molecule has 2 amide bonds. The first-order valence-electron chi connectivity index (χ1n) is 7.75. The summed E-state index contributed by atoms with van der Waals surface area (Å²) in [7, 11) is 0. The van der Waals surface area contributed by atoms with Crippen molar-refractivity contribution in [3.05, 3.63) is 59.7 Å². The molecule has 1 atom stereocenters. The second-order valence-corrected chi connectivity index (χ2v) is 5.92. The Labute approximate surface area is 140 Å². The van der Waals surface area contributed by atoms with E-state index >= 15 is 0 Å². The fourth-order valence-corrected chi connectivity index (χ4v) is 2.73. The molecular weight excluding hydrogens is 302 g/mol. The van der Waals surface area contributed by atoms with Crippen LogP contribution in [-0.4, -0.2) is 18.4 Å². The molecule has 3 rings (SSSR count). The normalized spacial score (nSPS) is 16.8. The summed E-state index contributed by atoms with van der Waals surface area (Å²) in [4.78, 5) is 26.3. The molecule has 0 aromatic heterocycles. The Kier molecular flexibility index (Phi) is 4.30. The average Bonchev–Trinajstić information content (AvgIpc) is 2.98. The summed E-state index contributed by atoms with van der Waals surface area (Å²) in [6, 6.07) is 16.4. The van der Waals surface area contributed by atoms with Crippen LogP contribution in [0.25, 0.3) is 0 Å². The number of hydrogen-bond acceptors (Lipinski definition) is 3. The van der Waals surface area contributed by atoms with Gasteiger partial charge in [-0.25, -0.2) is 0 Å². The maximum absolute atomic E-state index is 12.4. The van der Waals surface area contributed by atoms with Crippen LogP contribution in [0.15, 0.2) is 48.5 Å². The third-order valence-corrected chi connectivity index (χ3v) is 4.12. The highest BCUT2D eigenvalue weighted by Crippen LogP contribution is 2.26. The van der Waals surface area contributed by atoms with Crippen LogP contribution in [0.5, 0.6) is 0 Å². The van der Waals surface area contributed by atoms with E-state index in [-0.39, 0.29) is 24.2 Å². The lowest BCUT2D eigenvalue weighted by atomic mass is 10.1. The van der Waals surface area contributed by atoms with E-state index < -0.39 is 0 Å². The number of carbonyl (C=O) groups is 2. The van der Waals surface area contributed by atoms with Crippen LogP contribution in [0.2, 0.25) is 0 Å². The molecule has 0 spiro atoms. The van der Waals surface area contributed by atoms with Gasteiger partial charge in [0.05, 0.1) is 17.6 Å². The quantitative estimate of drug-likeness (QED) is 0.945. The first-order valence-corrected chi connectivity index (χ1v) is 7.75. The fourth-order valence-electron chi connectivity index (χ4n) is 2.73. The molecule has 5 heteroatoms. The van der Waals surface area contributed by atoms with Gasteiger partial charge in [0.1, 0.15) is 0 Å². The number of nitriles is 1. The molecule has 1 saturated heterocycles. The van der Waals surface area contributed by atoms with Crippen molar-refractivity contribution < 1.29 is 9.59 Å². The van der Waals surface area contributed by atoms with Crippen molar-refractivity contribution in [2.24, 2.45) is 5.92 Å². The topological polar surface area (TPSA) is 73.2 Å². The molecule has 0 saturated carbocycles. The highest BCUT2D eigenvalue weighted by Gasteiger charge is 2.35. The third-order valence-electron chi connectivity index (χ3n) is 4.12. The minimum atomic E-state index is -0.380. The SMILES string of the molecule is Cc1ccc(N2C[C@@H](C(=O)Nc3ccc(C#N)cc3)CC2=O)cc1. The molecule has 0 bridgehead atoms. The molecule has 2 aromatic rings. The van der Waals surface area contributed by atoms with Crippen LogP contribution < -0.4 is 10.2 Å². The molecule has 5 nitrogen and oxygen atoms in total. The molecule has 120 valence electrons. The first-order chi connectivity index (χ1) is 11.6. The number of anilines is 2. The molecule has 1 aliphatic rings. The van der Waals surface area contributed by atoms with Crippen molar-refractivity contribution in [2.45, 2.75) is 13.3 Å². The molecule has 2 aromatic carbocycles. The van der Waals surface area contributed by atoms with Gasteiger partial charge in [-0.2, -0.15) is 5.26 Å². The number of aryl methyl sites for hydroxylation is 1. The largest absolute Gasteiger partial charge is 0.326 e. The number of amides is 2. The Hall–Kier alpha value is -3.13. The molecule has 24 heavy (non-hydrogen) atoms. The van der Waals surface area contributed by atoms with Gasteiger partial charge in [0, 0.05) is 24.3 Å². The summed E-state index contributed by atoms with van der Waals surface area (Å²) in [6.07, 6.45) is 0.204. The number of benzene rings is 2. The summed E-state index contributed by atoms with van der Waals surface area (Å²) < 4.78 is 0. The second kappa shape index (κ2) is 6.55. The summed E-state index contributed by atoms with van der Waals surface area (Å²) >= 11 is 0. The number of hydrogen-bond donors (Lipinski definition) is 1. The Balaban J connectivity index is 1.67. The summed E-state index contributed by atoms with van der Waals surface area (Å²) in [5.74, 6) is -0.601. The Bertz CT molecular complexity index is 804. The van der Waals surface area contributed by atoms with Crippen molar-refractivity contribution >= 4 is 23.2 Å². The van der Waals surface area contributed by atoms with Crippen LogP contribution >= 0.6 is 0 Å². The zero-order chi connectivity index (χ0) is 17.1. The molecule has 1 N–H and O–H groups in total. The zero-order valence-corrected chi connectivity index (χ0v) is 13.3. The van der Waals surface area contributed by atoms with Gasteiger partial charge >= 0.3 is 0 Å². The van der Waals surface area contributed by atoms with Crippen molar-refractivity contribution in [3.8, 4) is 6.07 Å². The molecule has 0 aliphatic carbocycles. The number of carbonyl (C=O) groups excluding carboxylic acids is 2. The predicted octanol–water partition coefficient (Wildman–Crippen LogP) is 2.86. The fraction of sp³-hybridized carbons (Fsp3) is 0.211. The molecule has 0 unspecified atom stereocenters. The van der Waals surface area contributed by atoms with Gasteiger partial charge in [-0.1, -0.05) is 17.7 Å². The minimum Gasteiger partial charge on any atom is -0.326 e. The molecule has 1 aliphatic heterocycles. The van der Waals surface area contributed by atoms with Gasteiger partial charge in [0.25, 0.3) is 0 Å². The van der Waals surface area contributed by atoms with E-state index in [1.807, 2.05) is 37.3 Å². The van der Waals surface area contributed by atoms with E-state index in [0.717, 1.165) is 11.3 Å². The zero-order valence-electron chi connectivity index (χ0n) is 13.3. The van der Waals surface area contributed by atoms with E-state index in [4.69, 9.17) is 5.26 Å². The van der Waals surface area contributed by atoms with E-state index in [0.29, 0.717) is 17.8 Å². The lowest BCUT2D eigenvalue weighted by molar-refractivity contribution is -0.122. The van der Waals surface area contributed by atoms with E-state index in [1.54, 1.807) is 29.2 Å².